The van der Waals surface area contributed by atoms with E-state index in [9.17, 15) is 24.6 Å². The molecule has 1 aliphatic heterocycles. The lowest BCUT2D eigenvalue weighted by molar-refractivity contribution is -0.146. The lowest BCUT2D eigenvalue weighted by Crippen LogP contribution is -2.56. The van der Waals surface area contributed by atoms with Crippen LogP contribution in [0.4, 0.5) is 0 Å². The fraction of sp³-hybridized carbons (Fsp3) is 0.345. The Morgan fingerprint density at radius 1 is 1.10 bits per heavy atom. The van der Waals surface area contributed by atoms with Crippen molar-refractivity contribution in [2.24, 2.45) is 5.73 Å². The van der Waals surface area contributed by atoms with Crippen LogP contribution in [0.3, 0.4) is 0 Å². The normalized spacial score (nSPS) is 18.4. The van der Waals surface area contributed by atoms with Gasteiger partial charge in [0.15, 0.2) is 6.10 Å². The number of thiophene rings is 1. The number of nitrogens with one attached hydrogen (secondary N) is 2. The maximum Gasteiger partial charge on any atom is 0.254 e. The second kappa shape index (κ2) is 12.9. The average molecular weight is 551 g/mol. The van der Waals surface area contributed by atoms with E-state index in [0.29, 0.717) is 18.5 Å². The number of hydrogen-bond donors (Lipinski definition) is 5. The minimum atomic E-state index is -1.63. The highest BCUT2D eigenvalue weighted by Gasteiger charge is 2.42. The number of rotatable bonds is 10. The maximum atomic E-state index is 13.6. The SMILES string of the molecule is Cc1c(O)cccc1C(=O)N[C@@H](Cc1ccccc1)[C@H](O)C(=O)N1C[C@H](N)C[C@H]1C(=O)NCCc1cccs1. The number of amides is 3. The first-order valence-corrected chi connectivity index (χ1v) is 13.8. The maximum absolute atomic E-state index is 13.6. The number of hydrogen-bond acceptors (Lipinski definition) is 7. The van der Waals surface area contributed by atoms with Crippen molar-refractivity contribution < 1.29 is 24.6 Å². The number of likely N-dealkylation sites (tertiary alicyclic amines) is 1. The summed E-state index contributed by atoms with van der Waals surface area (Å²) < 4.78 is 0. The topological polar surface area (TPSA) is 145 Å². The van der Waals surface area contributed by atoms with Crippen molar-refractivity contribution >= 4 is 29.1 Å². The molecule has 0 bridgehead atoms. The number of aliphatic hydroxyl groups excluding tert-OH is 1. The Labute approximate surface area is 231 Å². The largest absolute Gasteiger partial charge is 0.508 e. The number of nitrogens with two attached hydrogens (primary N) is 1. The summed E-state index contributed by atoms with van der Waals surface area (Å²) in [5.41, 5.74) is 7.57. The summed E-state index contributed by atoms with van der Waals surface area (Å²) in [4.78, 5) is 42.2. The Balaban J connectivity index is 1.49. The van der Waals surface area contributed by atoms with Gasteiger partial charge >= 0.3 is 0 Å². The molecule has 6 N–H and O–H groups in total. The molecule has 39 heavy (non-hydrogen) atoms. The Morgan fingerprint density at radius 3 is 2.59 bits per heavy atom. The quantitative estimate of drug-likeness (QED) is 0.260. The first-order valence-electron chi connectivity index (χ1n) is 12.9. The van der Waals surface area contributed by atoms with Gasteiger partial charge in [-0.2, -0.15) is 0 Å². The zero-order chi connectivity index (χ0) is 27.9. The van der Waals surface area contributed by atoms with Crippen LogP contribution < -0.4 is 16.4 Å². The predicted octanol–water partition coefficient (Wildman–Crippen LogP) is 1.75. The number of aliphatic hydroxyl groups is 1. The molecule has 0 radical (unpaired) electrons. The summed E-state index contributed by atoms with van der Waals surface area (Å²) in [6.07, 6.45) is -0.493. The first kappa shape index (κ1) is 28.3. The highest BCUT2D eigenvalue weighted by molar-refractivity contribution is 7.09. The summed E-state index contributed by atoms with van der Waals surface area (Å²) in [5, 5.41) is 29.0. The number of carbonyl (C=O) groups excluding carboxylic acids is 3. The van der Waals surface area contributed by atoms with Gasteiger partial charge in [0.05, 0.1) is 6.04 Å². The van der Waals surface area contributed by atoms with Crippen LogP contribution in [0.5, 0.6) is 5.75 Å². The van der Waals surface area contributed by atoms with Gasteiger partial charge in [-0.1, -0.05) is 42.5 Å². The average Bonchev–Trinajstić information content (AvgIpc) is 3.59. The predicted molar refractivity (Wildman–Crippen MR) is 149 cm³/mol. The number of nitrogens with zero attached hydrogens (tertiary/aromatic N) is 1. The van der Waals surface area contributed by atoms with Gasteiger partial charge in [-0.15, -0.1) is 11.3 Å². The van der Waals surface area contributed by atoms with Gasteiger partial charge in [0.2, 0.25) is 5.91 Å². The van der Waals surface area contributed by atoms with Gasteiger partial charge in [0, 0.05) is 35.1 Å². The zero-order valence-corrected chi connectivity index (χ0v) is 22.6. The number of phenolic OH excluding ortho intramolecular Hbond substituents is 1. The number of benzene rings is 2. The monoisotopic (exact) mass is 550 g/mol. The molecule has 2 heterocycles. The fourth-order valence-corrected chi connectivity index (χ4v) is 5.52. The van der Waals surface area contributed by atoms with Crippen molar-refractivity contribution in [2.75, 3.05) is 13.1 Å². The molecule has 10 heteroatoms. The van der Waals surface area contributed by atoms with Crippen LogP contribution >= 0.6 is 11.3 Å². The number of aromatic hydroxyl groups is 1. The molecule has 3 amide bonds. The van der Waals surface area contributed by atoms with Crippen molar-refractivity contribution in [2.45, 2.75) is 50.4 Å². The summed E-state index contributed by atoms with van der Waals surface area (Å²) in [6.45, 7) is 2.16. The Hall–Kier alpha value is -3.73. The Morgan fingerprint density at radius 2 is 1.87 bits per heavy atom. The molecule has 1 aliphatic rings. The minimum Gasteiger partial charge on any atom is -0.508 e. The lowest BCUT2D eigenvalue weighted by Gasteiger charge is -2.30. The molecular formula is C29H34N4O5S. The smallest absolute Gasteiger partial charge is 0.254 e. The summed E-state index contributed by atoms with van der Waals surface area (Å²) in [5.74, 6) is -1.55. The number of phenols is 1. The van der Waals surface area contributed by atoms with Gasteiger partial charge in [0.25, 0.3) is 11.8 Å². The van der Waals surface area contributed by atoms with E-state index in [4.69, 9.17) is 5.73 Å². The van der Waals surface area contributed by atoms with Crippen LogP contribution in [0.1, 0.15) is 32.8 Å². The third kappa shape index (κ3) is 7.03. The van der Waals surface area contributed by atoms with Crippen molar-refractivity contribution in [3.8, 4) is 5.75 Å². The molecule has 0 saturated carbocycles. The number of carbonyl (C=O) groups is 3. The van der Waals surface area contributed by atoms with E-state index in [1.807, 2.05) is 47.8 Å². The highest BCUT2D eigenvalue weighted by Crippen LogP contribution is 2.22. The van der Waals surface area contributed by atoms with Gasteiger partial charge in [-0.3, -0.25) is 14.4 Å². The molecular weight excluding hydrogens is 516 g/mol. The van der Waals surface area contributed by atoms with Gasteiger partial charge in [-0.05, 0) is 55.3 Å². The van der Waals surface area contributed by atoms with E-state index in [2.05, 4.69) is 10.6 Å². The summed E-state index contributed by atoms with van der Waals surface area (Å²) in [6, 6.07) is 15.5. The highest BCUT2D eigenvalue weighted by atomic mass is 32.1. The van der Waals surface area contributed by atoms with E-state index < -0.39 is 36.0 Å². The van der Waals surface area contributed by atoms with Crippen LogP contribution in [0.2, 0.25) is 0 Å². The van der Waals surface area contributed by atoms with Crippen molar-refractivity contribution in [3.05, 3.63) is 87.6 Å². The van der Waals surface area contributed by atoms with Crippen LogP contribution in [-0.2, 0) is 22.4 Å². The van der Waals surface area contributed by atoms with Gasteiger partial charge in [0.1, 0.15) is 11.8 Å². The summed E-state index contributed by atoms with van der Waals surface area (Å²) >= 11 is 1.61. The van der Waals surface area contributed by atoms with Crippen LogP contribution in [-0.4, -0.2) is 70.2 Å². The van der Waals surface area contributed by atoms with Crippen molar-refractivity contribution in [3.63, 3.8) is 0 Å². The molecule has 4 atom stereocenters. The molecule has 2 aromatic carbocycles. The van der Waals surface area contributed by atoms with Crippen LogP contribution in [0.25, 0.3) is 0 Å². The fourth-order valence-electron chi connectivity index (χ4n) is 4.81. The van der Waals surface area contributed by atoms with Crippen molar-refractivity contribution in [1.29, 1.82) is 0 Å². The summed E-state index contributed by atoms with van der Waals surface area (Å²) in [7, 11) is 0. The third-order valence-electron chi connectivity index (χ3n) is 6.97. The molecule has 9 nitrogen and oxygen atoms in total. The standard InChI is InChI=1S/C29H34N4O5S/c1-18-22(10-5-11-25(18)34)27(36)32-23(15-19-7-3-2-4-8-19)26(35)29(38)33-17-20(30)16-24(33)28(37)31-13-12-21-9-6-14-39-21/h2-11,14,20,23-24,26,34-35H,12-13,15-17,30H2,1H3,(H,31,37)(H,32,36)/t20-,23+,24+,26+/m1/s1. The molecule has 1 aromatic heterocycles. The molecule has 206 valence electrons. The lowest BCUT2D eigenvalue weighted by atomic mass is 9.98. The molecule has 0 aliphatic carbocycles. The molecule has 3 aromatic rings. The second-order valence-corrected chi connectivity index (χ2v) is 10.8. The van der Waals surface area contributed by atoms with E-state index in [0.717, 1.165) is 10.4 Å². The first-order chi connectivity index (χ1) is 18.7. The Bertz CT molecular complexity index is 1280. The Kier molecular flexibility index (Phi) is 9.34. The van der Waals surface area contributed by atoms with E-state index in [-0.39, 0.29) is 36.6 Å². The van der Waals surface area contributed by atoms with E-state index >= 15 is 0 Å². The van der Waals surface area contributed by atoms with Crippen LogP contribution in [0.15, 0.2) is 66.0 Å². The minimum absolute atomic E-state index is 0.0297. The third-order valence-corrected chi connectivity index (χ3v) is 7.90. The van der Waals surface area contributed by atoms with E-state index in [1.165, 1.54) is 11.0 Å². The van der Waals surface area contributed by atoms with Gasteiger partial charge in [-0.25, -0.2) is 0 Å². The van der Waals surface area contributed by atoms with Gasteiger partial charge < -0.3 is 31.5 Å². The van der Waals surface area contributed by atoms with Crippen molar-refractivity contribution in [1.82, 2.24) is 15.5 Å². The zero-order valence-electron chi connectivity index (χ0n) is 21.7. The van der Waals surface area contributed by atoms with E-state index in [1.54, 1.807) is 30.4 Å². The second-order valence-electron chi connectivity index (χ2n) is 9.79. The molecule has 4 rings (SSSR count). The molecule has 1 fully saturated rings. The molecule has 0 spiro atoms. The molecule has 1 saturated heterocycles. The molecule has 0 unspecified atom stereocenters. The van der Waals surface area contributed by atoms with Crippen LogP contribution in [0, 0.1) is 6.92 Å².